The van der Waals surface area contributed by atoms with Crippen LogP contribution in [0.15, 0.2) is 28.7 Å². The molecule has 0 aliphatic carbocycles. The van der Waals surface area contributed by atoms with Gasteiger partial charge in [-0.1, -0.05) is 34.1 Å². The minimum Gasteiger partial charge on any atom is -0.329 e. The highest BCUT2D eigenvalue weighted by Crippen LogP contribution is 2.36. The molecule has 14 heavy (non-hydrogen) atoms. The molecule has 1 aromatic rings. The first-order valence-electron chi connectivity index (χ1n) is 5.01. The lowest BCUT2D eigenvalue weighted by atomic mass is 9.95. The third-order valence-corrected chi connectivity index (χ3v) is 3.53. The number of likely N-dealkylation sites (tertiary alicyclic amines) is 1. The van der Waals surface area contributed by atoms with Crippen LogP contribution >= 0.6 is 15.9 Å². The maximum Gasteiger partial charge on any atom is 0.0372 e. The zero-order valence-electron chi connectivity index (χ0n) is 8.12. The molecule has 1 fully saturated rings. The van der Waals surface area contributed by atoms with E-state index >= 15 is 0 Å². The molecule has 0 spiro atoms. The molecule has 1 saturated heterocycles. The second-order valence-electron chi connectivity index (χ2n) is 3.65. The van der Waals surface area contributed by atoms with Gasteiger partial charge in [0.2, 0.25) is 0 Å². The third kappa shape index (κ3) is 1.85. The molecule has 2 nitrogen and oxygen atoms in total. The molecule has 1 aliphatic rings. The summed E-state index contributed by atoms with van der Waals surface area (Å²) < 4.78 is 1.21. The van der Waals surface area contributed by atoms with E-state index in [2.05, 4.69) is 45.1 Å². The minimum atomic E-state index is 0.578. The van der Waals surface area contributed by atoms with Gasteiger partial charge in [-0.15, -0.1) is 0 Å². The Hall–Kier alpha value is -0.380. The van der Waals surface area contributed by atoms with Crippen molar-refractivity contribution in [3.63, 3.8) is 0 Å². The van der Waals surface area contributed by atoms with Crippen molar-refractivity contribution in [3.05, 3.63) is 34.3 Å². The van der Waals surface area contributed by atoms with E-state index < -0.39 is 0 Å². The average Bonchev–Trinajstić information content (AvgIpc) is 2.16. The molecule has 76 valence electrons. The Morgan fingerprint density at radius 1 is 1.43 bits per heavy atom. The quantitative estimate of drug-likeness (QED) is 0.896. The van der Waals surface area contributed by atoms with Crippen LogP contribution in [0.2, 0.25) is 0 Å². The van der Waals surface area contributed by atoms with Gasteiger partial charge in [-0.3, -0.25) is 4.90 Å². The lowest BCUT2D eigenvalue weighted by Crippen LogP contribution is -2.43. The standard InChI is InChI=1S/C11H15BrN2/c12-10-4-2-1-3-9(10)11-5-7-14(11)8-6-13/h1-4,11H,5-8,13H2. The summed E-state index contributed by atoms with van der Waals surface area (Å²) in [5.41, 5.74) is 6.96. The highest BCUT2D eigenvalue weighted by atomic mass is 79.9. The highest BCUT2D eigenvalue weighted by molar-refractivity contribution is 9.10. The zero-order valence-corrected chi connectivity index (χ0v) is 9.70. The fourth-order valence-corrected chi connectivity index (χ4v) is 2.52. The van der Waals surface area contributed by atoms with Gasteiger partial charge in [0, 0.05) is 30.1 Å². The fraction of sp³-hybridized carbons (Fsp3) is 0.455. The van der Waals surface area contributed by atoms with Crippen molar-refractivity contribution < 1.29 is 0 Å². The van der Waals surface area contributed by atoms with E-state index in [0.29, 0.717) is 6.04 Å². The number of rotatable bonds is 3. The van der Waals surface area contributed by atoms with Crippen LogP contribution in [0.3, 0.4) is 0 Å². The lowest BCUT2D eigenvalue weighted by Gasteiger charge is -2.41. The summed E-state index contributed by atoms with van der Waals surface area (Å²) in [4.78, 5) is 2.43. The molecule has 1 heterocycles. The number of hydrogen-bond donors (Lipinski definition) is 1. The Morgan fingerprint density at radius 2 is 2.21 bits per heavy atom. The van der Waals surface area contributed by atoms with Gasteiger partial charge in [0.15, 0.2) is 0 Å². The van der Waals surface area contributed by atoms with Crippen LogP contribution in [0.25, 0.3) is 0 Å². The Bertz CT molecular complexity index is 314. The molecule has 3 heteroatoms. The normalized spacial score (nSPS) is 22.0. The van der Waals surface area contributed by atoms with Crippen molar-refractivity contribution in [2.24, 2.45) is 5.73 Å². The lowest BCUT2D eigenvalue weighted by molar-refractivity contribution is 0.0946. The van der Waals surface area contributed by atoms with Crippen molar-refractivity contribution >= 4 is 15.9 Å². The minimum absolute atomic E-state index is 0.578. The molecule has 0 bridgehead atoms. The zero-order chi connectivity index (χ0) is 9.97. The second-order valence-corrected chi connectivity index (χ2v) is 4.50. The summed E-state index contributed by atoms with van der Waals surface area (Å²) in [5.74, 6) is 0. The van der Waals surface area contributed by atoms with E-state index in [1.54, 1.807) is 0 Å². The van der Waals surface area contributed by atoms with E-state index in [1.165, 1.54) is 23.0 Å². The van der Waals surface area contributed by atoms with Crippen LogP contribution in [0, 0.1) is 0 Å². The molecule has 1 aromatic carbocycles. The summed E-state index contributed by atoms with van der Waals surface area (Å²) in [6.45, 7) is 2.94. The molecule has 0 saturated carbocycles. The number of hydrogen-bond acceptors (Lipinski definition) is 2. The van der Waals surface area contributed by atoms with Crippen molar-refractivity contribution in [2.45, 2.75) is 12.5 Å². The molecule has 2 rings (SSSR count). The largest absolute Gasteiger partial charge is 0.329 e. The van der Waals surface area contributed by atoms with E-state index in [0.717, 1.165) is 13.1 Å². The smallest absolute Gasteiger partial charge is 0.0372 e. The van der Waals surface area contributed by atoms with E-state index in [9.17, 15) is 0 Å². The Morgan fingerprint density at radius 3 is 2.79 bits per heavy atom. The monoisotopic (exact) mass is 254 g/mol. The van der Waals surface area contributed by atoms with Crippen molar-refractivity contribution in [3.8, 4) is 0 Å². The number of nitrogens with zero attached hydrogens (tertiary/aromatic N) is 1. The summed E-state index contributed by atoms with van der Waals surface area (Å²) >= 11 is 3.59. The van der Waals surface area contributed by atoms with Crippen LogP contribution in [0.5, 0.6) is 0 Å². The maximum atomic E-state index is 5.56. The Balaban J connectivity index is 2.12. The summed E-state index contributed by atoms with van der Waals surface area (Å²) in [6.07, 6.45) is 1.25. The van der Waals surface area contributed by atoms with Crippen molar-refractivity contribution in [1.82, 2.24) is 4.90 Å². The first-order valence-corrected chi connectivity index (χ1v) is 5.81. The first-order chi connectivity index (χ1) is 6.83. The van der Waals surface area contributed by atoms with Gasteiger partial charge in [-0.05, 0) is 18.1 Å². The average molecular weight is 255 g/mol. The van der Waals surface area contributed by atoms with Crippen molar-refractivity contribution in [2.75, 3.05) is 19.6 Å². The van der Waals surface area contributed by atoms with Crippen LogP contribution in [0.1, 0.15) is 18.0 Å². The molecule has 1 atom stereocenters. The van der Waals surface area contributed by atoms with Crippen molar-refractivity contribution in [1.29, 1.82) is 0 Å². The van der Waals surface area contributed by atoms with Crippen LogP contribution in [-0.4, -0.2) is 24.5 Å². The van der Waals surface area contributed by atoms with E-state index in [4.69, 9.17) is 5.73 Å². The molecule has 1 aliphatic heterocycles. The molecule has 1 unspecified atom stereocenters. The SMILES string of the molecule is NCCN1CCC1c1ccccc1Br. The van der Waals surface area contributed by atoms with Gasteiger partial charge < -0.3 is 5.73 Å². The van der Waals surface area contributed by atoms with Gasteiger partial charge in [0.05, 0.1) is 0 Å². The first kappa shape index (κ1) is 10.1. The molecule has 2 N–H and O–H groups in total. The van der Waals surface area contributed by atoms with Gasteiger partial charge in [-0.25, -0.2) is 0 Å². The molecule has 0 aromatic heterocycles. The molecule has 0 amide bonds. The Labute approximate surface area is 93.2 Å². The van der Waals surface area contributed by atoms with Gasteiger partial charge in [0.1, 0.15) is 0 Å². The number of halogens is 1. The molecule has 0 radical (unpaired) electrons. The van der Waals surface area contributed by atoms with Gasteiger partial charge >= 0.3 is 0 Å². The number of nitrogens with two attached hydrogens (primary N) is 1. The predicted octanol–water partition coefficient (Wildman–Crippen LogP) is 2.15. The highest BCUT2D eigenvalue weighted by Gasteiger charge is 2.29. The predicted molar refractivity (Wildman–Crippen MR) is 62.1 cm³/mol. The van der Waals surface area contributed by atoms with Crippen LogP contribution in [-0.2, 0) is 0 Å². The molecular formula is C11H15BrN2. The summed E-state index contributed by atoms with van der Waals surface area (Å²) in [5, 5.41) is 0. The van der Waals surface area contributed by atoms with Gasteiger partial charge in [0.25, 0.3) is 0 Å². The van der Waals surface area contributed by atoms with E-state index in [-0.39, 0.29) is 0 Å². The second kappa shape index (κ2) is 4.43. The number of benzene rings is 1. The maximum absolute atomic E-state index is 5.56. The summed E-state index contributed by atoms with van der Waals surface area (Å²) in [7, 11) is 0. The fourth-order valence-electron chi connectivity index (χ4n) is 1.97. The van der Waals surface area contributed by atoms with Gasteiger partial charge in [-0.2, -0.15) is 0 Å². The third-order valence-electron chi connectivity index (χ3n) is 2.81. The van der Waals surface area contributed by atoms with E-state index in [1.807, 2.05) is 0 Å². The van der Waals surface area contributed by atoms with Crippen LogP contribution in [0.4, 0.5) is 0 Å². The summed E-state index contributed by atoms with van der Waals surface area (Å²) in [6, 6.07) is 9.03. The Kier molecular flexibility index (Phi) is 3.21. The molecular weight excluding hydrogens is 240 g/mol. The topological polar surface area (TPSA) is 29.3 Å². The van der Waals surface area contributed by atoms with Crippen LogP contribution < -0.4 is 5.73 Å².